The van der Waals surface area contributed by atoms with E-state index in [1.165, 1.54) is 0 Å². The number of nitrogens with two attached hydrogens (primary N) is 1. The van der Waals surface area contributed by atoms with Gasteiger partial charge >= 0.3 is 6.03 Å². The molecule has 0 radical (unpaired) electrons. The van der Waals surface area contributed by atoms with E-state index in [0.717, 1.165) is 24.9 Å². The summed E-state index contributed by atoms with van der Waals surface area (Å²) in [5.74, 6) is 0.734. The molecule has 0 spiro atoms. The number of carbonyl (C=O) groups is 2. The molecule has 118 valence electrons. The summed E-state index contributed by atoms with van der Waals surface area (Å²) in [4.78, 5) is 33.7. The zero-order valence-corrected chi connectivity index (χ0v) is 12.7. The Morgan fingerprint density at radius 2 is 2.27 bits per heavy atom. The minimum atomic E-state index is -0.508. The number of likely N-dealkylation sites (N-methyl/N-ethyl adjacent to an activating group) is 1. The molecule has 1 aromatic rings. The molecule has 3 rings (SSSR count). The molecule has 2 N–H and O–H groups in total. The third kappa shape index (κ3) is 2.76. The maximum absolute atomic E-state index is 12.1. The van der Waals surface area contributed by atoms with E-state index in [1.807, 2.05) is 29.0 Å². The number of pyridine rings is 1. The highest BCUT2D eigenvalue weighted by Crippen LogP contribution is 2.28. The van der Waals surface area contributed by atoms with Crippen molar-refractivity contribution in [3.63, 3.8) is 0 Å². The van der Waals surface area contributed by atoms with Gasteiger partial charge in [-0.3, -0.25) is 14.6 Å². The molecule has 7 nitrogen and oxygen atoms in total. The number of aromatic nitrogens is 1. The Balaban J connectivity index is 1.79. The summed E-state index contributed by atoms with van der Waals surface area (Å²) in [5, 5.41) is 0. The average Bonchev–Trinajstić information content (AvgIpc) is 2.49. The topological polar surface area (TPSA) is 82.8 Å². The Morgan fingerprint density at radius 3 is 3.00 bits per heavy atom. The van der Waals surface area contributed by atoms with Gasteiger partial charge in [0, 0.05) is 25.8 Å². The van der Waals surface area contributed by atoms with Crippen molar-refractivity contribution in [2.24, 2.45) is 5.73 Å². The zero-order chi connectivity index (χ0) is 15.7. The van der Waals surface area contributed by atoms with Gasteiger partial charge in [-0.1, -0.05) is 6.07 Å². The van der Waals surface area contributed by atoms with E-state index in [4.69, 9.17) is 5.73 Å². The van der Waals surface area contributed by atoms with Crippen LogP contribution in [-0.4, -0.2) is 66.0 Å². The molecular formula is C15H21N5O2. The Hall–Kier alpha value is -2.15. The first-order valence-electron chi connectivity index (χ1n) is 7.55. The van der Waals surface area contributed by atoms with E-state index in [-0.39, 0.29) is 11.9 Å². The predicted molar refractivity (Wildman–Crippen MR) is 82.5 cm³/mol. The highest BCUT2D eigenvalue weighted by Gasteiger charge is 2.34. The number of carbonyl (C=O) groups excluding carboxylic acids is 2. The maximum Gasteiger partial charge on any atom is 0.320 e. The molecule has 3 amide bonds. The van der Waals surface area contributed by atoms with Crippen molar-refractivity contribution in [2.45, 2.75) is 18.9 Å². The van der Waals surface area contributed by atoms with Gasteiger partial charge in [-0.2, -0.15) is 0 Å². The number of urea groups is 1. The standard InChI is InChI=1S/C15H21N5O2/c1-18-7-8-19(13(21)10-18)9-12-5-4-11-3-2-6-17-14(11)20(12)15(16)22/h2-3,6,12H,4-5,7-10H2,1H3,(H2,16,22). The molecule has 22 heavy (non-hydrogen) atoms. The number of amides is 3. The van der Waals surface area contributed by atoms with Gasteiger partial charge in [0.15, 0.2) is 0 Å². The van der Waals surface area contributed by atoms with Crippen molar-refractivity contribution < 1.29 is 9.59 Å². The number of hydrogen-bond acceptors (Lipinski definition) is 4. The van der Waals surface area contributed by atoms with Crippen LogP contribution in [0.4, 0.5) is 10.6 Å². The maximum atomic E-state index is 12.1. The summed E-state index contributed by atoms with van der Waals surface area (Å²) >= 11 is 0. The summed E-state index contributed by atoms with van der Waals surface area (Å²) in [6.45, 7) is 2.49. The van der Waals surface area contributed by atoms with E-state index < -0.39 is 6.03 Å². The average molecular weight is 303 g/mol. The zero-order valence-electron chi connectivity index (χ0n) is 12.7. The second-order valence-corrected chi connectivity index (χ2v) is 5.96. The molecule has 3 heterocycles. The molecule has 0 saturated carbocycles. The van der Waals surface area contributed by atoms with E-state index >= 15 is 0 Å². The predicted octanol–water partition coefficient (Wildman–Crippen LogP) is 0.0555. The van der Waals surface area contributed by atoms with E-state index in [2.05, 4.69) is 4.98 Å². The lowest BCUT2D eigenvalue weighted by molar-refractivity contribution is -0.135. The summed E-state index contributed by atoms with van der Waals surface area (Å²) < 4.78 is 0. The molecule has 0 aromatic carbocycles. The summed E-state index contributed by atoms with van der Waals surface area (Å²) in [7, 11) is 1.94. The van der Waals surface area contributed by atoms with Crippen molar-refractivity contribution in [3.05, 3.63) is 23.9 Å². The van der Waals surface area contributed by atoms with Gasteiger partial charge in [0.1, 0.15) is 5.82 Å². The van der Waals surface area contributed by atoms with Crippen LogP contribution < -0.4 is 10.6 Å². The lowest BCUT2D eigenvalue weighted by Crippen LogP contribution is -2.56. The molecule has 0 bridgehead atoms. The molecular weight excluding hydrogens is 282 g/mol. The minimum absolute atomic E-state index is 0.102. The number of rotatable bonds is 2. The first-order valence-corrected chi connectivity index (χ1v) is 7.55. The van der Waals surface area contributed by atoms with E-state index in [1.54, 1.807) is 11.1 Å². The van der Waals surface area contributed by atoms with Gasteiger partial charge in [0.2, 0.25) is 5.91 Å². The summed E-state index contributed by atoms with van der Waals surface area (Å²) in [6, 6.07) is 3.22. The number of aryl methyl sites for hydroxylation is 1. The van der Waals surface area contributed by atoms with Crippen molar-refractivity contribution in [2.75, 3.05) is 38.1 Å². The largest absolute Gasteiger partial charge is 0.351 e. The van der Waals surface area contributed by atoms with Crippen LogP contribution in [0.2, 0.25) is 0 Å². The number of hydrogen-bond donors (Lipinski definition) is 1. The van der Waals surface area contributed by atoms with Crippen LogP contribution in [0.3, 0.4) is 0 Å². The molecule has 1 aromatic heterocycles. The van der Waals surface area contributed by atoms with Crippen LogP contribution in [0.1, 0.15) is 12.0 Å². The fraction of sp³-hybridized carbons (Fsp3) is 0.533. The molecule has 1 unspecified atom stereocenters. The van der Waals surface area contributed by atoms with Crippen LogP contribution in [0.15, 0.2) is 18.3 Å². The molecule has 1 atom stereocenters. The lowest BCUT2D eigenvalue weighted by Gasteiger charge is -2.40. The van der Waals surface area contributed by atoms with Crippen LogP contribution in [0.5, 0.6) is 0 Å². The van der Waals surface area contributed by atoms with Gasteiger partial charge in [0.05, 0.1) is 12.6 Å². The minimum Gasteiger partial charge on any atom is -0.351 e. The second-order valence-electron chi connectivity index (χ2n) is 5.96. The molecule has 0 aliphatic carbocycles. The second kappa shape index (κ2) is 5.92. The normalized spacial score (nSPS) is 22.6. The Kier molecular flexibility index (Phi) is 3.98. The van der Waals surface area contributed by atoms with Crippen LogP contribution in [0, 0.1) is 0 Å². The third-order valence-corrected chi connectivity index (χ3v) is 4.39. The first kappa shape index (κ1) is 14.8. The monoisotopic (exact) mass is 303 g/mol. The van der Waals surface area contributed by atoms with Crippen LogP contribution in [0.25, 0.3) is 0 Å². The number of fused-ring (bicyclic) bond motifs is 1. The summed E-state index contributed by atoms with van der Waals surface area (Å²) in [6.07, 6.45) is 3.30. The molecule has 7 heteroatoms. The molecule has 1 saturated heterocycles. The number of piperazine rings is 1. The Morgan fingerprint density at radius 1 is 1.45 bits per heavy atom. The highest BCUT2D eigenvalue weighted by molar-refractivity contribution is 5.91. The van der Waals surface area contributed by atoms with Crippen molar-refractivity contribution in [3.8, 4) is 0 Å². The van der Waals surface area contributed by atoms with Crippen molar-refractivity contribution >= 4 is 17.8 Å². The van der Waals surface area contributed by atoms with E-state index in [9.17, 15) is 9.59 Å². The van der Waals surface area contributed by atoms with Crippen LogP contribution >= 0.6 is 0 Å². The highest BCUT2D eigenvalue weighted by atomic mass is 16.2. The lowest BCUT2D eigenvalue weighted by atomic mass is 9.98. The van der Waals surface area contributed by atoms with Crippen molar-refractivity contribution in [1.29, 1.82) is 0 Å². The third-order valence-electron chi connectivity index (χ3n) is 4.39. The first-order chi connectivity index (χ1) is 10.6. The van der Waals surface area contributed by atoms with Crippen LogP contribution in [-0.2, 0) is 11.2 Å². The fourth-order valence-corrected chi connectivity index (χ4v) is 3.20. The molecule has 1 fully saturated rings. The summed E-state index contributed by atoms with van der Waals surface area (Å²) in [5.41, 5.74) is 6.60. The fourth-order valence-electron chi connectivity index (χ4n) is 3.20. The van der Waals surface area contributed by atoms with Gasteiger partial charge in [0.25, 0.3) is 0 Å². The van der Waals surface area contributed by atoms with Crippen molar-refractivity contribution in [1.82, 2.24) is 14.8 Å². The smallest absolute Gasteiger partial charge is 0.320 e. The Labute approximate surface area is 129 Å². The Bertz CT molecular complexity index is 591. The van der Waals surface area contributed by atoms with Gasteiger partial charge < -0.3 is 10.6 Å². The van der Waals surface area contributed by atoms with Gasteiger partial charge in [-0.25, -0.2) is 9.78 Å². The molecule has 2 aliphatic rings. The SMILES string of the molecule is CN1CCN(CC2CCc3cccnc3N2C(N)=O)C(=O)C1. The quantitative estimate of drug-likeness (QED) is 0.837. The van der Waals surface area contributed by atoms with E-state index in [0.29, 0.717) is 25.5 Å². The van der Waals surface area contributed by atoms with Gasteiger partial charge in [-0.15, -0.1) is 0 Å². The number of primary amides is 1. The number of nitrogens with zero attached hydrogens (tertiary/aromatic N) is 4. The molecule has 2 aliphatic heterocycles. The number of anilines is 1. The van der Waals surface area contributed by atoms with Gasteiger partial charge in [-0.05, 0) is 31.5 Å².